The zero-order valence-corrected chi connectivity index (χ0v) is 26.1. The first-order valence-electron chi connectivity index (χ1n) is 14.5. The molecule has 3 aromatic rings. The van der Waals surface area contributed by atoms with Crippen molar-refractivity contribution in [3.63, 3.8) is 0 Å². The van der Waals surface area contributed by atoms with Crippen LogP contribution in [0.1, 0.15) is 34.8 Å². The normalized spacial score (nSPS) is 30.7. The molecule has 0 unspecified atom stereocenters. The van der Waals surface area contributed by atoms with Crippen molar-refractivity contribution in [2.24, 2.45) is 17.8 Å². The van der Waals surface area contributed by atoms with E-state index in [0.717, 1.165) is 21.9 Å². The molecule has 1 N–H and O–H groups in total. The summed E-state index contributed by atoms with van der Waals surface area (Å²) in [7, 11) is 0. The molecule has 1 aromatic heterocycles. The van der Waals surface area contributed by atoms with E-state index in [0.29, 0.717) is 17.6 Å². The highest BCUT2D eigenvalue weighted by atomic mass is 35.5. The smallest absolute Gasteiger partial charge is 0.258 e. The van der Waals surface area contributed by atoms with Crippen LogP contribution in [0.5, 0.6) is 5.75 Å². The fourth-order valence-electron chi connectivity index (χ4n) is 7.69. The van der Waals surface area contributed by atoms with Crippen molar-refractivity contribution in [3.8, 4) is 5.75 Å². The molecule has 11 heteroatoms. The number of benzene rings is 2. The van der Waals surface area contributed by atoms with Gasteiger partial charge in [-0.15, -0.1) is 41.1 Å². The number of phenolic OH excluding ortho intramolecular Hbond substituents is 1. The van der Waals surface area contributed by atoms with Gasteiger partial charge in [0.1, 0.15) is 11.6 Å². The summed E-state index contributed by atoms with van der Waals surface area (Å²) in [5.74, 6) is -6.33. The number of imide groups is 2. The van der Waals surface area contributed by atoms with Gasteiger partial charge in [0, 0.05) is 16.4 Å². The number of rotatable bonds is 6. The minimum Gasteiger partial charge on any atom is -0.507 e. The monoisotopic (exact) mass is 664 g/mol. The number of thiophene rings is 1. The molecule has 1 saturated carbocycles. The van der Waals surface area contributed by atoms with Crippen molar-refractivity contribution in [1.29, 1.82) is 0 Å². The maximum atomic E-state index is 14.5. The van der Waals surface area contributed by atoms with Gasteiger partial charge in [0.25, 0.3) is 11.8 Å². The first-order valence-corrected chi connectivity index (χ1v) is 16.2. The topological polar surface area (TPSA) is 95.0 Å². The average molecular weight is 666 g/mol. The highest BCUT2D eigenvalue weighted by Gasteiger charge is 2.76. The number of likely N-dealkylation sites (tertiary alicyclic amines) is 1. The Morgan fingerprint density at radius 2 is 1.76 bits per heavy atom. The number of carbonyl (C=O) groups excluding carboxylic acids is 4. The Kier molecular flexibility index (Phi) is 7.07. The fraction of sp³-hybridized carbons (Fsp3) is 0.294. The minimum atomic E-state index is -2.12. The van der Waals surface area contributed by atoms with Crippen molar-refractivity contribution in [1.82, 2.24) is 4.90 Å². The molecule has 0 radical (unpaired) electrons. The Morgan fingerprint density at radius 3 is 2.44 bits per heavy atom. The van der Waals surface area contributed by atoms with Gasteiger partial charge in [-0.05, 0) is 66.5 Å². The van der Waals surface area contributed by atoms with Crippen molar-refractivity contribution in [2.75, 3.05) is 4.90 Å². The third-order valence-electron chi connectivity index (χ3n) is 9.71. The van der Waals surface area contributed by atoms with Crippen LogP contribution >= 0.6 is 34.5 Å². The first kappa shape index (κ1) is 29.9. The highest BCUT2D eigenvalue weighted by Crippen LogP contribution is 2.66. The third kappa shape index (κ3) is 4.13. The van der Waals surface area contributed by atoms with Crippen LogP contribution in [0.15, 0.2) is 84.3 Å². The molecule has 2 aliphatic carbocycles. The number of hydrogen-bond donors (Lipinski definition) is 1. The van der Waals surface area contributed by atoms with Gasteiger partial charge in [0.2, 0.25) is 11.8 Å². The summed E-state index contributed by atoms with van der Waals surface area (Å²) in [6.07, 6.45) is 3.80. The van der Waals surface area contributed by atoms with Crippen LogP contribution in [-0.4, -0.2) is 43.4 Å². The molecule has 2 aliphatic heterocycles. The number of anilines is 1. The minimum absolute atomic E-state index is 0.0910. The lowest BCUT2D eigenvalue weighted by molar-refractivity contribution is -0.141. The number of amides is 4. The number of phenols is 1. The van der Waals surface area contributed by atoms with Gasteiger partial charge in [0.15, 0.2) is 9.75 Å². The van der Waals surface area contributed by atoms with Crippen LogP contribution in [0.3, 0.4) is 0 Å². The second-order valence-electron chi connectivity index (χ2n) is 11.9. The zero-order chi connectivity index (χ0) is 31.8. The molecule has 0 spiro atoms. The van der Waals surface area contributed by atoms with E-state index in [9.17, 15) is 28.7 Å². The molecule has 4 aliphatic rings. The van der Waals surface area contributed by atoms with Gasteiger partial charge in [-0.2, -0.15) is 0 Å². The van der Waals surface area contributed by atoms with E-state index in [1.165, 1.54) is 28.4 Å². The molecule has 7 nitrogen and oxygen atoms in total. The summed E-state index contributed by atoms with van der Waals surface area (Å²) in [5.41, 5.74) is 1.47. The molecule has 45 heavy (non-hydrogen) atoms. The predicted octanol–water partition coefficient (Wildman–Crippen LogP) is 6.08. The number of nitrogens with zero attached hydrogens (tertiary/aromatic N) is 2. The quantitative estimate of drug-likeness (QED) is 0.196. The molecule has 3 fully saturated rings. The number of carbonyl (C=O) groups is 4. The Labute approximate surface area is 272 Å². The van der Waals surface area contributed by atoms with Gasteiger partial charge in [-0.3, -0.25) is 24.1 Å². The lowest BCUT2D eigenvalue weighted by atomic mass is 9.56. The van der Waals surface area contributed by atoms with Crippen LogP contribution in [0.25, 0.3) is 0 Å². The largest absolute Gasteiger partial charge is 0.507 e. The Hall–Kier alpha value is -3.79. The lowest BCUT2D eigenvalue weighted by Crippen LogP contribution is -2.60. The summed E-state index contributed by atoms with van der Waals surface area (Å²) in [6, 6.07) is 13.6. The Balaban J connectivity index is 1.40. The Morgan fingerprint density at radius 1 is 1.00 bits per heavy atom. The molecule has 230 valence electrons. The van der Waals surface area contributed by atoms with Crippen molar-refractivity contribution < 1.29 is 28.7 Å². The molecule has 2 saturated heterocycles. The molecular formula is C34H27Cl2FN2O5S. The van der Waals surface area contributed by atoms with E-state index >= 15 is 0 Å². The zero-order valence-electron chi connectivity index (χ0n) is 23.8. The van der Waals surface area contributed by atoms with E-state index in [1.54, 1.807) is 24.3 Å². The summed E-state index contributed by atoms with van der Waals surface area (Å²) in [6.45, 7) is 3.90. The molecule has 7 rings (SSSR count). The summed E-state index contributed by atoms with van der Waals surface area (Å²) >= 11 is 16.2. The SMILES string of the molecule is C=CCc1cccc([C@H]2C3=CC[C@@H]4C(=O)N(Cc5cccs5)C(=O)[C@@H]4[C@@H]3C[C@@]3(Cl)C(=O)N(c4ccc(F)cc4)C(=O)[C@@]23Cl)c1O. The number of fused-ring (bicyclic) bond motifs is 4. The van der Waals surface area contributed by atoms with Crippen LogP contribution < -0.4 is 4.90 Å². The maximum Gasteiger partial charge on any atom is 0.258 e. The number of aromatic hydroxyl groups is 1. The average Bonchev–Trinajstić information content (AvgIpc) is 3.66. The molecule has 6 atom stereocenters. The van der Waals surface area contributed by atoms with Crippen molar-refractivity contribution >= 4 is 63.9 Å². The molecule has 4 amide bonds. The maximum absolute atomic E-state index is 14.5. The molecule has 0 bridgehead atoms. The number of allylic oxidation sites excluding steroid dienone is 3. The second-order valence-corrected chi connectivity index (χ2v) is 14.2. The summed E-state index contributed by atoms with van der Waals surface area (Å²) < 4.78 is 13.8. The van der Waals surface area contributed by atoms with Gasteiger partial charge >= 0.3 is 0 Å². The standard InChI is InChI=1S/C34H27Cl2FN2O5S/c1-2-5-18-6-3-8-24(28(18)40)27-22-13-14-23-26(30(42)38(29(23)41)17-21-7-4-15-45-21)25(22)16-33(35)31(43)39(32(44)34(27,33)36)20-11-9-19(37)10-12-20/h2-4,6-13,15,23,25-27,40H,1,5,14,16-17H2/t23-,25+,26-,27+,33+,34-/m0/s1. The fourth-order valence-corrected chi connectivity index (χ4v) is 9.31. The van der Waals surface area contributed by atoms with Gasteiger partial charge in [-0.1, -0.05) is 42.0 Å². The van der Waals surface area contributed by atoms with Crippen LogP contribution in [-0.2, 0) is 32.1 Å². The molecule has 3 heterocycles. The lowest BCUT2D eigenvalue weighted by Gasteiger charge is -2.50. The second kappa shape index (κ2) is 10.6. The van der Waals surface area contributed by atoms with Crippen LogP contribution in [0.2, 0.25) is 0 Å². The Bertz CT molecular complexity index is 1810. The van der Waals surface area contributed by atoms with Crippen molar-refractivity contribution in [2.45, 2.75) is 41.5 Å². The van der Waals surface area contributed by atoms with Gasteiger partial charge < -0.3 is 5.11 Å². The third-order valence-corrected chi connectivity index (χ3v) is 12.0. The van der Waals surface area contributed by atoms with Crippen molar-refractivity contribution in [3.05, 3.63) is 106 Å². The highest BCUT2D eigenvalue weighted by molar-refractivity contribution is 7.09. The van der Waals surface area contributed by atoms with E-state index in [-0.39, 0.29) is 48.2 Å². The number of alkyl halides is 2. The van der Waals surface area contributed by atoms with Gasteiger partial charge in [-0.25, -0.2) is 9.29 Å². The number of halogens is 3. The van der Waals surface area contributed by atoms with E-state index in [2.05, 4.69) is 6.58 Å². The molecule has 2 aromatic carbocycles. The van der Waals surface area contributed by atoms with E-state index in [4.69, 9.17) is 23.2 Å². The van der Waals surface area contributed by atoms with Gasteiger partial charge in [0.05, 0.1) is 24.1 Å². The summed E-state index contributed by atoms with van der Waals surface area (Å²) in [4.78, 5) is 55.3. The van der Waals surface area contributed by atoms with E-state index in [1.807, 2.05) is 23.6 Å². The number of hydrogen-bond acceptors (Lipinski definition) is 6. The van der Waals surface area contributed by atoms with Crippen LogP contribution in [0.4, 0.5) is 10.1 Å². The predicted molar refractivity (Wildman–Crippen MR) is 168 cm³/mol. The van der Waals surface area contributed by atoms with E-state index < -0.39 is 51.1 Å². The molecular weight excluding hydrogens is 638 g/mol. The first-order chi connectivity index (χ1) is 21.5. The summed E-state index contributed by atoms with van der Waals surface area (Å²) in [5, 5.41) is 13.4. The van der Waals surface area contributed by atoms with Crippen LogP contribution in [0, 0.1) is 23.6 Å². The number of para-hydroxylation sites is 1.